The Labute approximate surface area is 160 Å². The molecule has 0 fully saturated rings. The highest BCUT2D eigenvalue weighted by Gasteiger charge is 2.06. The highest BCUT2D eigenvalue weighted by atomic mass is 35.5. The molecule has 0 amide bonds. The predicted octanol–water partition coefficient (Wildman–Crippen LogP) is 0.307. The molecule has 1 atom stereocenters. The number of nitrogens with one attached hydrogen (secondary N) is 1. The first-order valence-corrected chi connectivity index (χ1v) is 9.96. The molecule has 0 radical (unpaired) electrons. The van der Waals surface area contributed by atoms with E-state index in [-0.39, 0.29) is 12.4 Å². The molecule has 0 aliphatic carbocycles. The molecule has 3 nitrogen and oxygen atoms in total. The Hall–Kier alpha value is -0.610. The largest absolute Gasteiger partial charge is 1.00 e. The Morgan fingerprint density at radius 3 is 1.84 bits per heavy atom. The standard InChI is InChI=1S/C21H37NO2.ClH/c1-2-22(19-20-15-11-10-12-16-20)18-14-9-7-5-3-4-6-8-13-17-21(23)24;/h10-12,15-16,21,23-24H,2-9,13-14,17-19H2,1H3;1H. The monoisotopic (exact) mass is 371 g/mol. The summed E-state index contributed by atoms with van der Waals surface area (Å²) in [6.07, 6.45) is 10.7. The van der Waals surface area contributed by atoms with E-state index < -0.39 is 6.29 Å². The molecule has 0 saturated heterocycles. The van der Waals surface area contributed by atoms with Gasteiger partial charge in [0.2, 0.25) is 0 Å². The van der Waals surface area contributed by atoms with Crippen LogP contribution in [-0.2, 0) is 6.54 Å². The minimum Gasteiger partial charge on any atom is -1.00 e. The Morgan fingerprint density at radius 2 is 1.32 bits per heavy atom. The molecular weight excluding hydrogens is 334 g/mol. The maximum absolute atomic E-state index is 8.77. The van der Waals surface area contributed by atoms with Crippen LogP contribution in [0.2, 0.25) is 0 Å². The third kappa shape index (κ3) is 14.3. The van der Waals surface area contributed by atoms with Crippen molar-refractivity contribution >= 4 is 0 Å². The van der Waals surface area contributed by atoms with Gasteiger partial charge in [-0.15, -0.1) is 0 Å². The Kier molecular flexibility index (Phi) is 16.4. The quantitative estimate of drug-likeness (QED) is 0.307. The van der Waals surface area contributed by atoms with Crippen LogP contribution in [0.5, 0.6) is 0 Å². The third-order valence-corrected chi connectivity index (χ3v) is 4.79. The second kappa shape index (κ2) is 16.8. The van der Waals surface area contributed by atoms with Crippen molar-refractivity contribution < 1.29 is 27.5 Å². The first kappa shape index (κ1) is 24.4. The third-order valence-electron chi connectivity index (χ3n) is 4.79. The van der Waals surface area contributed by atoms with E-state index in [0.717, 1.165) is 19.4 Å². The summed E-state index contributed by atoms with van der Waals surface area (Å²) in [5.74, 6) is 0. The van der Waals surface area contributed by atoms with Gasteiger partial charge in [0, 0.05) is 5.56 Å². The van der Waals surface area contributed by atoms with Crippen molar-refractivity contribution in [3.8, 4) is 0 Å². The lowest BCUT2D eigenvalue weighted by molar-refractivity contribution is -0.912. The van der Waals surface area contributed by atoms with E-state index in [1.165, 1.54) is 63.6 Å². The number of benzene rings is 1. The number of rotatable bonds is 15. The van der Waals surface area contributed by atoms with Gasteiger partial charge in [-0.05, 0) is 32.6 Å². The zero-order valence-electron chi connectivity index (χ0n) is 15.9. The lowest BCUT2D eigenvalue weighted by Gasteiger charge is -2.17. The molecule has 4 heteroatoms. The normalized spacial score (nSPS) is 12.2. The van der Waals surface area contributed by atoms with Crippen molar-refractivity contribution in [2.24, 2.45) is 0 Å². The molecule has 0 heterocycles. The zero-order chi connectivity index (χ0) is 17.5. The molecule has 146 valence electrons. The van der Waals surface area contributed by atoms with E-state index >= 15 is 0 Å². The van der Waals surface area contributed by atoms with Crippen molar-refractivity contribution in [3.05, 3.63) is 35.9 Å². The minimum absolute atomic E-state index is 0. The Morgan fingerprint density at radius 1 is 0.800 bits per heavy atom. The average Bonchev–Trinajstić information content (AvgIpc) is 2.59. The van der Waals surface area contributed by atoms with Crippen LogP contribution < -0.4 is 17.3 Å². The molecule has 0 bridgehead atoms. The Bertz CT molecular complexity index is 387. The van der Waals surface area contributed by atoms with Crippen LogP contribution >= 0.6 is 0 Å². The summed E-state index contributed by atoms with van der Waals surface area (Å²) in [7, 11) is 0. The van der Waals surface area contributed by atoms with E-state index in [1.54, 1.807) is 4.90 Å². The molecule has 1 aromatic carbocycles. The summed E-state index contributed by atoms with van der Waals surface area (Å²) >= 11 is 0. The van der Waals surface area contributed by atoms with E-state index in [9.17, 15) is 0 Å². The zero-order valence-corrected chi connectivity index (χ0v) is 16.7. The van der Waals surface area contributed by atoms with E-state index in [2.05, 4.69) is 37.3 Å². The van der Waals surface area contributed by atoms with Crippen LogP contribution in [0.15, 0.2) is 30.3 Å². The minimum atomic E-state index is -1.11. The summed E-state index contributed by atoms with van der Waals surface area (Å²) in [6, 6.07) is 10.8. The van der Waals surface area contributed by atoms with Crippen LogP contribution in [0, 0.1) is 0 Å². The second-order valence-corrected chi connectivity index (χ2v) is 6.97. The Balaban J connectivity index is 0.00000576. The highest BCUT2D eigenvalue weighted by molar-refractivity contribution is 5.13. The molecule has 0 aliphatic heterocycles. The van der Waals surface area contributed by atoms with E-state index in [1.807, 2.05) is 0 Å². The topological polar surface area (TPSA) is 44.9 Å². The highest BCUT2D eigenvalue weighted by Crippen LogP contribution is 2.10. The SMILES string of the molecule is CC[NH+](CCCCCCCCCCCC(O)O)Cc1ccccc1.[Cl-]. The summed E-state index contributed by atoms with van der Waals surface area (Å²) < 4.78 is 0. The molecule has 1 unspecified atom stereocenters. The molecule has 0 saturated carbocycles. The van der Waals surface area contributed by atoms with Gasteiger partial charge in [-0.3, -0.25) is 0 Å². The lowest BCUT2D eigenvalue weighted by Crippen LogP contribution is -3.10. The maximum Gasteiger partial charge on any atom is 0.151 e. The average molecular weight is 372 g/mol. The predicted molar refractivity (Wildman–Crippen MR) is 101 cm³/mol. The molecule has 1 rings (SSSR count). The number of unbranched alkanes of at least 4 members (excludes halogenated alkanes) is 8. The number of hydrogen-bond donors (Lipinski definition) is 3. The number of quaternary nitrogens is 1. The van der Waals surface area contributed by atoms with E-state index in [4.69, 9.17) is 10.2 Å². The second-order valence-electron chi connectivity index (χ2n) is 6.97. The van der Waals surface area contributed by atoms with Crippen LogP contribution in [0.4, 0.5) is 0 Å². The molecule has 1 aromatic rings. The first-order chi connectivity index (χ1) is 11.7. The van der Waals surface area contributed by atoms with Crippen LogP contribution in [0.25, 0.3) is 0 Å². The smallest absolute Gasteiger partial charge is 0.151 e. The van der Waals surface area contributed by atoms with Crippen molar-refractivity contribution in [3.63, 3.8) is 0 Å². The molecular formula is C21H38ClNO2. The van der Waals surface area contributed by atoms with Crippen molar-refractivity contribution in [2.75, 3.05) is 13.1 Å². The summed E-state index contributed by atoms with van der Waals surface area (Å²) in [5.41, 5.74) is 1.45. The number of aliphatic hydroxyl groups is 2. The van der Waals surface area contributed by atoms with Crippen LogP contribution in [-0.4, -0.2) is 29.6 Å². The molecule has 0 spiro atoms. The van der Waals surface area contributed by atoms with Gasteiger partial charge in [-0.25, -0.2) is 0 Å². The fourth-order valence-electron chi connectivity index (χ4n) is 3.21. The maximum atomic E-state index is 8.77. The van der Waals surface area contributed by atoms with E-state index in [0.29, 0.717) is 6.42 Å². The summed E-state index contributed by atoms with van der Waals surface area (Å²) in [6.45, 7) is 5.93. The van der Waals surface area contributed by atoms with Crippen molar-refractivity contribution in [1.29, 1.82) is 0 Å². The van der Waals surface area contributed by atoms with Gasteiger partial charge in [0.25, 0.3) is 0 Å². The summed E-state index contributed by atoms with van der Waals surface area (Å²) in [4.78, 5) is 1.69. The van der Waals surface area contributed by atoms with Gasteiger partial charge in [-0.1, -0.05) is 68.9 Å². The van der Waals surface area contributed by atoms with Gasteiger partial charge >= 0.3 is 0 Å². The van der Waals surface area contributed by atoms with Crippen LogP contribution in [0.1, 0.15) is 76.7 Å². The van der Waals surface area contributed by atoms with Crippen molar-refractivity contribution in [1.82, 2.24) is 0 Å². The fraction of sp³-hybridized carbons (Fsp3) is 0.714. The molecule has 0 aliphatic rings. The van der Waals surface area contributed by atoms with Gasteiger partial charge < -0.3 is 27.5 Å². The fourth-order valence-corrected chi connectivity index (χ4v) is 3.21. The molecule has 3 N–H and O–H groups in total. The van der Waals surface area contributed by atoms with Gasteiger partial charge in [-0.2, -0.15) is 0 Å². The molecule has 25 heavy (non-hydrogen) atoms. The van der Waals surface area contributed by atoms with Gasteiger partial charge in [0.15, 0.2) is 6.29 Å². The van der Waals surface area contributed by atoms with Gasteiger partial charge in [0.1, 0.15) is 6.54 Å². The summed E-state index contributed by atoms with van der Waals surface area (Å²) in [5, 5.41) is 17.5. The number of hydrogen-bond acceptors (Lipinski definition) is 2. The first-order valence-electron chi connectivity index (χ1n) is 9.96. The van der Waals surface area contributed by atoms with Gasteiger partial charge in [0.05, 0.1) is 13.1 Å². The molecule has 0 aromatic heterocycles. The van der Waals surface area contributed by atoms with Crippen LogP contribution in [0.3, 0.4) is 0 Å². The number of aliphatic hydroxyl groups excluding tert-OH is 1. The number of halogens is 1. The van der Waals surface area contributed by atoms with Crippen molar-refractivity contribution in [2.45, 2.75) is 84.0 Å². The lowest BCUT2D eigenvalue weighted by atomic mass is 10.1.